The molecule has 2 aromatic rings. The molecule has 1 aromatic carbocycles. The summed E-state index contributed by atoms with van der Waals surface area (Å²) in [6.07, 6.45) is 3.33. The predicted octanol–water partition coefficient (Wildman–Crippen LogP) is 3.39. The first-order valence-corrected chi connectivity index (χ1v) is 7.43. The monoisotopic (exact) mass is 317 g/mol. The van der Waals surface area contributed by atoms with Crippen molar-refractivity contribution in [2.75, 3.05) is 0 Å². The van der Waals surface area contributed by atoms with Crippen molar-refractivity contribution in [1.29, 1.82) is 0 Å². The van der Waals surface area contributed by atoms with Crippen LogP contribution in [-0.2, 0) is 11.3 Å². The molecule has 2 heterocycles. The molecule has 0 aliphatic carbocycles. The Morgan fingerprint density at radius 1 is 1.29 bits per heavy atom. The van der Waals surface area contributed by atoms with Gasteiger partial charge in [0.25, 0.3) is 5.91 Å². The summed E-state index contributed by atoms with van der Waals surface area (Å²) >= 11 is 6.52. The van der Waals surface area contributed by atoms with Crippen molar-refractivity contribution >= 4 is 40.3 Å². The van der Waals surface area contributed by atoms with Crippen LogP contribution in [0.3, 0.4) is 0 Å². The van der Waals surface area contributed by atoms with E-state index in [0.29, 0.717) is 21.5 Å². The Morgan fingerprint density at radius 2 is 2.05 bits per heavy atom. The van der Waals surface area contributed by atoms with Crippen molar-refractivity contribution in [1.82, 2.24) is 4.90 Å². The van der Waals surface area contributed by atoms with Gasteiger partial charge in [0, 0.05) is 0 Å². The molecule has 0 saturated carbocycles. The fourth-order valence-corrected chi connectivity index (χ4v) is 3.17. The smallest absolute Gasteiger partial charge is 0.266 e. The number of phenolic OH excluding ortho intramolecular Hbond substituents is 1. The van der Waals surface area contributed by atoms with Crippen LogP contribution in [0.1, 0.15) is 11.3 Å². The Labute approximate surface area is 131 Å². The number of nitrogens with zero attached hydrogens (tertiary/aromatic N) is 1. The fourth-order valence-electron chi connectivity index (χ4n) is 1.92. The van der Waals surface area contributed by atoms with Crippen LogP contribution >= 0.6 is 24.0 Å². The van der Waals surface area contributed by atoms with Gasteiger partial charge < -0.3 is 9.52 Å². The lowest BCUT2D eigenvalue weighted by Crippen LogP contribution is -2.27. The Bertz CT molecular complexity index is 705. The van der Waals surface area contributed by atoms with E-state index in [-0.39, 0.29) is 11.7 Å². The highest BCUT2D eigenvalue weighted by molar-refractivity contribution is 8.26. The molecule has 0 radical (unpaired) electrons. The molecule has 0 spiro atoms. The zero-order valence-electron chi connectivity index (χ0n) is 10.9. The van der Waals surface area contributed by atoms with Crippen LogP contribution in [0.25, 0.3) is 6.08 Å². The van der Waals surface area contributed by atoms with Crippen molar-refractivity contribution in [3.8, 4) is 5.75 Å². The van der Waals surface area contributed by atoms with E-state index in [0.717, 1.165) is 5.56 Å². The van der Waals surface area contributed by atoms with Crippen molar-refractivity contribution in [2.24, 2.45) is 0 Å². The third-order valence-electron chi connectivity index (χ3n) is 2.96. The number of hydrogen-bond donors (Lipinski definition) is 1. The predicted molar refractivity (Wildman–Crippen MR) is 85.5 cm³/mol. The molecule has 1 aliphatic rings. The maximum Gasteiger partial charge on any atom is 0.266 e. The third-order valence-corrected chi connectivity index (χ3v) is 4.34. The molecule has 1 aliphatic heterocycles. The number of aromatic hydroxyl groups is 1. The molecule has 0 atom stereocenters. The van der Waals surface area contributed by atoms with Crippen LogP contribution < -0.4 is 0 Å². The zero-order valence-corrected chi connectivity index (χ0v) is 12.5. The molecule has 1 aromatic heterocycles. The van der Waals surface area contributed by atoms with Crippen molar-refractivity contribution in [2.45, 2.75) is 6.54 Å². The number of benzene rings is 1. The summed E-state index contributed by atoms with van der Waals surface area (Å²) in [7, 11) is 0. The molecule has 4 nitrogen and oxygen atoms in total. The minimum atomic E-state index is -0.130. The molecular formula is C15H11NO3S2. The minimum absolute atomic E-state index is 0.130. The number of hydrogen-bond acceptors (Lipinski definition) is 5. The van der Waals surface area contributed by atoms with Gasteiger partial charge >= 0.3 is 0 Å². The van der Waals surface area contributed by atoms with E-state index in [9.17, 15) is 9.90 Å². The number of phenols is 1. The number of carbonyl (C=O) groups excluding carboxylic acids is 1. The lowest BCUT2D eigenvalue weighted by molar-refractivity contribution is -0.122. The highest BCUT2D eigenvalue weighted by atomic mass is 32.2. The number of amides is 1. The van der Waals surface area contributed by atoms with Gasteiger partial charge in [-0.05, 0) is 35.9 Å². The van der Waals surface area contributed by atoms with E-state index in [4.69, 9.17) is 16.6 Å². The van der Waals surface area contributed by atoms with E-state index in [1.54, 1.807) is 42.7 Å². The van der Waals surface area contributed by atoms with Gasteiger partial charge in [-0.3, -0.25) is 9.69 Å². The molecular weight excluding hydrogens is 306 g/mol. The Morgan fingerprint density at radius 3 is 2.71 bits per heavy atom. The normalized spacial score (nSPS) is 17.0. The van der Waals surface area contributed by atoms with E-state index in [1.165, 1.54) is 16.7 Å². The Kier molecular flexibility index (Phi) is 3.81. The number of furan rings is 1. The maximum absolute atomic E-state index is 12.4. The minimum Gasteiger partial charge on any atom is -0.508 e. The summed E-state index contributed by atoms with van der Waals surface area (Å²) in [5, 5.41) is 9.27. The summed E-state index contributed by atoms with van der Waals surface area (Å²) in [4.78, 5) is 14.5. The first-order chi connectivity index (χ1) is 10.1. The number of thioether (sulfide) groups is 1. The topological polar surface area (TPSA) is 53.7 Å². The van der Waals surface area contributed by atoms with Gasteiger partial charge in [0.05, 0.1) is 17.7 Å². The first-order valence-electron chi connectivity index (χ1n) is 6.20. The Hall–Kier alpha value is -2.05. The second kappa shape index (κ2) is 5.75. The first kappa shape index (κ1) is 13.9. The van der Waals surface area contributed by atoms with E-state index >= 15 is 0 Å². The average Bonchev–Trinajstić information content (AvgIpc) is 3.06. The number of thiocarbonyl (C=S) groups is 1. The van der Waals surface area contributed by atoms with Crippen molar-refractivity contribution in [3.63, 3.8) is 0 Å². The van der Waals surface area contributed by atoms with Crippen LogP contribution in [0.15, 0.2) is 52.0 Å². The summed E-state index contributed by atoms with van der Waals surface area (Å²) in [5.74, 6) is 0.754. The summed E-state index contributed by atoms with van der Waals surface area (Å²) in [5.41, 5.74) is 0.839. The molecule has 21 heavy (non-hydrogen) atoms. The van der Waals surface area contributed by atoms with Crippen molar-refractivity contribution < 1.29 is 14.3 Å². The second-order valence-corrected chi connectivity index (χ2v) is 6.11. The highest BCUT2D eigenvalue weighted by Gasteiger charge is 2.32. The van der Waals surface area contributed by atoms with Crippen LogP contribution in [-0.4, -0.2) is 20.2 Å². The molecule has 1 saturated heterocycles. The SMILES string of the molecule is O=C1C(=Cc2ccc(O)cc2)SC(=S)N1Cc1ccco1. The molecule has 0 unspecified atom stereocenters. The summed E-state index contributed by atoms with van der Waals surface area (Å²) in [6, 6.07) is 10.2. The standard InChI is InChI=1S/C15H11NO3S2/c17-11-5-3-10(4-6-11)8-13-14(18)16(15(20)21-13)9-12-2-1-7-19-12/h1-8,17H,9H2. The third kappa shape index (κ3) is 3.01. The van der Waals surface area contributed by atoms with Gasteiger partial charge in [-0.15, -0.1) is 0 Å². The highest BCUT2D eigenvalue weighted by Crippen LogP contribution is 2.33. The summed E-state index contributed by atoms with van der Waals surface area (Å²) < 4.78 is 5.76. The number of rotatable bonds is 3. The zero-order chi connectivity index (χ0) is 14.8. The van der Waals surface area contributed by atoms with Gasteiger partial charge in [0.15, 0.2) is 0 Å². The fraction of sp³-hybridized carbons (Fsp3) is 0.0667. The largest absolute Gasteiger partial charge is 0.508 e. The van der Waals surface area contributed by atoms with E-state index in [1.807, 2.05) is 6.07 Å². The molecule has 6 heteroatoms. The van der Waals surface area contributed by atoms with Gasteiger partial charge in [-0.2, -0.15) is 0 Å². The van der Waals surface area contributed by atoms with Gasteiger partial charge in [-0.1, -0.05) is 36.1 Å². The Balaban J connectivity index is 1.81. The van der Waals surface area contributed by atoms with Crippen LogP contribution in [0.2, 0.25) is 0 Å². The molecule has 3 rings (SSSR count). The molecule has 106 valence electrons. The molecule has 1 amide bonds. The van der Waals surface area contributed by atoms with E-state index < -0.39 is 0 Å². The average molecular weight is 317 g/mol. The lowest BCUT2D eigenvalue weighted by Gasteiger charge is -2.11. The lowest BCUT2D eigenvalue weighted by atomic mass is 10.2. The molecule has 0 bridgehead atoms. The van der Waals surface area contributed by atoms with Crippen LogP contribution in [0.5, 0.6) is 5.75 Å². The summed E-state index contributed by atoms with van der Waals surface area (Å²) in [6.45, 7) is 0.338. The molecule has 1 N–H and O–H groups in total. The van der Waals surface area contributed by atoms with E-state index in [2.05, 4.69) is 0 Å². The maximum atomic E-state index is 12.4. The van der Waals surface area contributed by atoms with Crippen LogP contribution in [0, 0.1) is 0 Å². The van der Waals surface area contributed by atoms with Gasteiger partial charge in [0.1, 0.15) is 15.8 Å². The molecule has 1 fully saturated rings. The van der Waals surface area contributed by atoms with Gasteiger partial charge in [-0.25, -0.2) is 0 Å². The quantitative estimate of drug-likeness (QED) is 0.695. The van der Waals surface area contributed by atoms with Crippen molar-refractivity contribution in [3.05, 3.63) is 58.9 Å². The van der Waals surface area contributed by atoms with Gasteiger partial charge in [0.2, 0.25) is 0 Å². The second-order valence-electron chi connectivity index (χ2n) is 4.44. The number of carbonyl (C=O) groups is 1. The van der Waals surface area contributed by atoms with Crippen LogP contribution in [0.4, 0.5) is 0 Å².